The van der Waals surface area contributed by atoms with E-state index in [-0.39, 0.29) is 22.7 Å². The number of sulfonamides is 1. The molecule has 0 unspecified atom stereocenters. The minimum atomic E-state index is -3.67. The van der Waals surface area contributed by atoms with Gasteiger partial charge in [-0.25, -0.2) is 13.1 Å². The molecule has 0 fully saturated rings. The summed E-state index contributed by atoms with van der Waals surface area (Å²) in [5.74, 6) is 0.398. The molecule has 0 saturated heterocycles. The number of halogens is 1. The van der Waals surface area contributed by atoms with Gasteiger partial charge in [-0.15, -0.1) is 0 Å². The molecule has 108 valence electrons. The van der Waals surface area contributed by atoms with Gasteiger partial charge in [0.2, 0.25) is 10.0 Å². The van der Waals surface area contributed by atoms with Crippen LogP contribution in [0.3, 0.4) is 0 Å². The molecule has 20 heavy (non-hydrogen) atoms. The van der Waals surface area contributed by atoms with E-state index in [9.17, 15) is 8.42 Å². The van der Waals surface area contributed by atoms with Gasteiger partial charge in [-0.3, -0.25) is 4.98 Å². The zero-order valence-corrected chi connectivity index (χ0v) is 13.2. The second kappa shape index (κ2) is 6.04. The maximum Gasteiger partial charge on any atom is 0.245 e. The molecule has 6 nitrogen and oxygen atoms in total. The van der Waals surface area contributed by atoms with Crippen LogP contribution in [-0.2, 0) is 23.1 Å². The molecule has 3 N–H and O–H groups in total. The predicted octanol–water partition coefficient (Wildman–Crippen LogP) is 1.68. The summed E-state index contributed by atoms with van der Waals surface area (Å²) in [4.78, 5) is 4.02. The van der Waals surface area contributed by atoms with E-state index in [0.717, 1.165) is 11.1 Å². The number of nitrogens with one attached hydrogen (secondary N) is 1. The van der Waals surface area contributed by atoms with Crippen LogP contribution in [0.15, 0.2) is 38.5 Å². The van der Waals surface area contributed by atoms with Crippen LogP contribution in [0.2, 0.25) is 0 Å². The van der Waals surface area contributed by atoms with Crippen LogP contribution < -0.4 is 10.5 Å². The number of nitrogens with two attached hydrogens (primary N) is 1. The van der Waals surface area contributed by atoms with E-state index in [1.165, 1.54) is 6.07 Å². The van der Waals surface area contributed by atoms with Crippen LogP contribution in [0.4, 0.5) is 0 Å². The van der Waals surface area contributed by atoms with Crippen molar-refractivity contribution in [1.82, 2.24) is 9.71 Å². The van der Waals surface area contributed by atoms with Crippen molar-refractivity contribution in [2.24, 2.45) is 5.73 Å². The normalized spacial score (nSPS) is 11.8. The molecule has 2 rings (SSSR count). The van der Waals surface area contributed by atoms with Crippen LogP contribution in [0.5, 0.6) is 0 Å². The highest BCUT2D eigenvalue weighted by atomic mass is 79.9. The molecule has 0 atom stereocenters. The van der Waals surface area contributed by atoms with E-state index in [1.54, 1.807) is 12.4 Å². The van der Waals surface area contributed by atoms with E-state index in [0.29, 0.717) is 5.76 Å². The van der Waals surface area contributed by atoms with E-state index >= 15 is 0 Å². The Morgan fingerprint density at radius 1 is 1.50 bits per heavy atom. The minimum absolute atomic E-state index is 0.0412. The number of rotatable bonds is 5. The largest absolute Gasteiger partial charge is 0.452 e. The monoisotopic (exact) mass is 359 g/mol. The van der Waals surface area contributed by atoms with Crippen molar-refractivity contribution < 1.29 is 12.8 Å². The van der Waals surface area contributed by atoms with Crippen LogP contribution >= 0.6 is 15.9 Å². The zero-order valence-electron chi connectivity index (χ0n) is 10.8. The molecular weight excluding hydrogens is 346 g/mol. The summed E-state index contributed by atoms with van der Waals surface area (Å²) >= 11 is 3.08. The maximum absolute atomic E-state index is 12.2. The van der Waals surface area contributed by atoms with Gasteiger partial charge in [0.25, 0.3) is 0 Å². The molecule has 0 amide bonds. The van der Waals surface area contributed by atoms with Crippen molar-refractivity contribution >= 4 is 26.0 Å². The van der Waals surface area contributed by atoms with E-state index in [4.69, 9.17) is 10.2 Å². The van der Waals surface area contributed by atoms with Gasteiger partial charge in [0.15, 0.2) is 4.67 Å². The predicted molar refractivity (Wildman–Crippen MR) is 77.3 cm³/mol. The van der Waals surface area contributed by atoms with Gasteiger partial charge in [0, 0.05) is 25.0 Å². The van der Waals surface area contributed by atoms with Crippen molar-refractivity contribution in [1.29, 1.82) is 0 Å². The number of aromatic nitrogens is 1. The van der Waals surface area contributed by atoms with Gasteiger partial charge in [-0.2, -0.15) is 0 Å². The SMILES string of the molecule is Cc1ccncc1CNS(=O)(=O)c1cc(CN)oc1Br. The molecule has 0 bridgehead atoms. The van der Waals surface area contributed by atoms with E-state index in [2.05, 4.69) is 25.6 Å². The fourth-order valence-electron chi connectivity index (χ4n) is 1.61. The van der Waals surface area contributed by atoms with Crippen molar-refractivity contribution in [2.75, 3.05) is 0 Å². The average molecular weight is 360 g/mol. The first kappa shape index (κ1) is 15.2. The number of aryl methyl sites for hydroxylation is 1. The molecule has 0 aliphatic heterocycles. The second-order valence-corrected chi connectivity index (χ2v) is 6.64. The zero-order chi connectivity index (χ0) is 14.8. The van der Waals surface area contributed by atoms with Gasteiger partial charge in [0.1, 0.15) is 10.7 Å². The van der Waals surface area contributed by atoms with Crippen LogP contribution in [0.1, 0.15) is 16.9 Å². The highest BCUT2D eigenvalue weighted by Crippen LogP contribution is 2.26. The standard InChI is InChI=1S/C12H14BrN3O3S/c1-8-2-3-15-6-9(8)7-16-20(17,18)11-4-10(5-14)19-12(11)13/h2-4,6,16H,5,7,14H2,1H3. The number of hydrogen-bond acceptors (Lipinski definition) is 5. The smallest absolute Gasteiger partial charge is 0.245 e. The number of hydrogen-bond donors (Lipinski definition) is 2. The van der Waals surface area contributed by atoms with E-state index in [1.807, 2.05) is 13.0 Å². The Hall–Kier alpha value is -1.22. The lowest BCUT2D eigenvalue weighted by Gasteiger charge is -2.07. The summed E-state index contributed by atoms with van der Waals surface area (Å²) in [6.07, 6.45) is 3.29. The van der Waals surface area contributed by atoms with Crippen LogP contribution in [-0.4, -0.2) is 13.4 Å². The minimum Gasteiger partial charge on any atom is -0.452 e. The molecule has 0 saturated carbocycles. The highest BCUT2D eigenvalue weighted by Gasteiger charge is 2.22. The fraction of sp³-hybridized carbons (Fsp3) is 0.250. The number of furan rings is 1. The quantitative estimate of drug-likeness (QED) is 0.846. The molecule has 2 aromatic rings. The Labute approximate surface area is 125 Å². The van der Waals surface area contributed by atoms with Crippen LogP contribution in [0.25, 0.3) is 0 Å². The Balaban J connectivity index is 2.19. The lowest BCUT2D eigenvalue weighted by Crippen LogP contribution is -2.23. The average Bonchev–Trinajstić information content (AvgIpc) is 2.80. The van der Waals surface area contributed by atoms with Gasteiger partial charge in [-0.05, 0) is 40.0 Å². The first-order valence-corrected chi connectivity index (χ1v) is 8.09. The summed E-state index contributed by atoms with van der Waals surface area (Å²) in [6, 6.07) is 3.23. The molecule has 0 spiro atoms. The molecule has 8 heteroatoms. The first-order valence-electron chi connectivity index (χ1n) is 5.81. The summed E-state index contributed by atoms with van der Waals surface area (Å²) in [5, 5.41) is 0. The Morgan fingerprint density at radius 3 is 2.85 bits per heavy atom. The fourth-order valence-corrected chi connectivity index (χ4v) is 3.62. The topological polar surface area (TPSA) is 98.2 Å². The summed E-state index contributed by atoms with van der Waals surface area (Å²) in [7, 11) is -3.67. The van der Waals surface area contributed by atoms with Gasteiger partial charge >= 0.3 is 0 Å². The molecule has 2 heterocycles. The van der Waals surface area contributed by atoms with Gasteiger partial charge in [0.05, 0.1) is 6.54 Å². The van der Waals surface area contributed by atoms with Gasteiger partial charge in [-0.1, -0.05) is 0 Å². The third-order valence-electron chi connectivity index (χ3n) is 2.80. The summed E-state index contributed by atoms with van der Waals surface area (Å²) in [5.41, 5.74) is 7.21. The van der Waals surface area contributed by atoms with Crippen molar-refractivity contribution in [3.05, 3.63) is 46.1 Å². The molecule has 0 radical (unpaired) electrons. The molecule has 0 aliphatic rings. The van der Waals surface area contributed by atoms with Crippen LogP contribution in [0, 0.1) is 6.92 Å². The Bertz CT molecular complexity index is 712. The molecular formula is C12H14BrN3O3S. The lowest BCUT2D eigenvalue weighted by atomic mass is 10.2. The van der Waals surface area contributed by atoms with Crippen molar-refractivity contribution in [3.63, 3.8) is 0 Å². The Morgan fingerprint density at radius 2 is 2.25 bits per heavy atom. The highest BCUT2D eigenvalue weighted by molar-refractivity contribution is 9.10. The summed E-state index contributed by atoms with van der Waals surface area (Å²) in [6.45, 7) is 2.19. The lowest BCUT2D eigenvalue weighted by molar-refractivity contribution is 0.483. The van der Waals surface area contributed by atoms with Gasteiger partial charge < -0.3 is 10.2 Å². The molecule has 2 aromatic heterocycles. The molecule has 0 aromatic carbocycles. The summed E-state index contributed by atoms with van der Waals surface area (Å²) < 4.78 is 32.3. The number of nitrogens with zero attached hydrogens (tertiary/aromatic N) is 1. The number of pyridine rings is 1. The molecule has 0 aliphatic carbocycles. The third-order valence-corrected chi connectivity index (χ3v) is 5.06. The second-order valence-electron chi connectivity index (χ2n) is 4.18. The van der Waals surface area contributed by atoms with E-state index < -0.39 is 10.0 Å². The first-order chi connectivity index (χ1) is 9.44. The van der Waals surface area contributed by atoms with Crippen molar-refractivity contribution in [3.8, 4) is 0 Å². The third kappa shape index (κ3) is 3.26. The Kier molecular flexibility index (Phi) is 4.59. The maximum atomic E-state index is 12.2. The van der Waals surface area contributed by atoms with Crippen molar-refractivity contribution in [2.45, 2.75) is 24.9 Å².